The van der Waals surface area contributed by atoms with E-state index in [0.29, 0.717) is 16.6 Å². The van der Waals surface area contributed by atoms with E-state index in [9.17, 15) is 14.7 Å². The summed E-state index contributed by atoms with van der Waals surface area (Å²) in [6.45, 7) is 2.01. The normalized spacial score (nSPS) is 13.8. The third kappa shape index (κ3) is 2.73. The highest BCUT2D eigenvalue weighted by Crippen LogP contribution is 2.27. The number of nitrogens with one attached hydrogen (secondary N) is 1. The number of amides is 1. The van der Waals surface area contributed by atoms with Gasteiger partial charge in [0.05, 0.1) is 5.52 Å². The van der Waals surface area contributed by atoms with Crippen molar-refractivity contribution < 1.29 is 9.90 Å². The van der Waals surface area contributed by atoms with E-state index >= 15 is 0 Å². The maximum Gasteiger partial charge on any atom is 0.267 e. The highest BCUT2D eigenvalue weighted by Gasteiger charge is 2.21. The number of carbonyl (C=O) groups excluding carboxylic acids is 1. The van der Waals surface area contributed by atoms with Gasteiger partial charge in [0.15, 0.2) is 0 Å². The summed E-state index contributed by atoms with van der Waals surface area (Å²) in [6.07, 6.45) is 8.24. The molecular weight excluding hydrogens is 304 g/mol. The van der Waals surface area contributed by atoms with Crippen molar-refractivity contribution >= 4 is 16.8 Å². The number of benzene rings is 1. The predicted molar refractivity (Wildman–Crippen MR) is 94.2 cm³/mol. The molecule has 3 rings (SSSR count). The SMILES string of the molecule is CCc1ccc2c(c1)c(O)c(C(=O)NC1=CCCC=C1)c(=O)n2C. The smallest absolute Gasteiger partial charge is 0.267 e. The molecule has 0 spiro atoms. The first-order chi connectivity index (χ1) is 11.5. The van der Waals surface area contributed by atoms with Crippen molar-refractivity contribution in [1.29, 1.82) is 0 Å². The van der Waals surface area contributed by atoms with Crippen LogP contribution in [0.1, 0.15) is 35.7 Å². The summed E-state index contributed by atoms with van der Waals surface area (Å²) >= 11 is 0. The van der Waals surface area contributed by atoms with Gasteiger partial charge in [-0.15, -0.1) is 0 Å². The van der Waals surface area contributed by atoms with Gasteiger partial charge in [-0.2, -0.15) is 0 Å². The van der Waals surface area contributed by atoms with Crippen LogP contribution in [-0.4, -0.2) is 15.6 Å². The van der Waals surface area contributed by atoms with Gasteiger partial charge < -0.3 is 15.0 Å². The number of hydrogen-bond acceptors (Lipinski definition) is 3. The molecule has 124 valence electrons. The summed E-state index contributed by atoms with van der Waals surface area (Å²) in [5, 5.41) is 13.8. The van der Waals surface area contributed by atoms with Crippen LogP contribution in [0.5, 0.6) is 5.75 Å². The number of allylic oxidation sites excluding steroid dienone is 3. The quantitative estimate of drug-likeness (QED) is 0.912. The number of aromatic hydroxyl groups is 1. The van der Waals surface area contributed by atoms with Crippen LogP contribution < -0.4 is 10.9 Å². The zero-order valence-electron chi connectivity index (χ0n) is 13.8. The van der Waals surface area contributed by atoms with Crippen LogP contribution in [0.25, 0.3) is 10.9 Å². The molecule has 1 amide bonds. The van der Waals surface area contributed by atoms with Crippen molar-refractivity contribution in [2.75, 3.05) is 0 Å². The highest BCUT2D eigenvalue weighted by molar-refractivity contribution is 6.03. The van der Waals surface area contributed by atoms with Crippen molar-refractivity contribution in [2.45, 2.75) is 26.2 Å². The molecule has 1 heterocycles. The van der Waals surface area contributed by atoms with Crippen LogP contribution in [0.3, 0.4) is 0 Å². The third-order valence-electron chi connectivity index (χ3n) is 4.32. The minimum absolute atomic E-state index is 0.224. The number of aromatic nitrogens is 1. The Morgan fingerprint density at radius 2 is 2.12 bits per heavy atom. The zero-order valence-corrected chi connectivity index (χ0v) is 13.8. The molecule has 0 fully saturated rings. The third-order valence-corrected chi connectivity index (χ3v) is 4.32. The second-order valence-corrected chi connectivity index (χ2v) is 5.89. The fraction of sp³-hybridized carbons (Fsp3) is 0.263. The van der Waals surface area contributed by atoms with Gasteiger partial charge in [0.1, 0.15) is 11.3 Å². The number of nitrogens with zero attached hydrogens (tertiary/aromatic N) is 1. The van der Waals surface area contributed by atoms with Crippen LogP contribution in [0.2, 0.25) is 0 Å². The lowest BCUT2D eigenvalue weighted by atomic mass is 10.0. The van der Waals surface area contributed by atoms with E-state index in [0.717, 1.165) is 24.8 Å². The van der Waals surface area contributed by atoms with Crippen LogP contribution in [0.4, 0.5) is 0 Å². The van der Waals surface area contributed by atoms with E-state index in [2.05, 4.69) is 5.32 Å². The molecule has 0 unspecified atom stereocenters. The summed E-state index contributed by atoms with van der Waals surface area (Å²) < 4.78 is 1.40. The number of hydrogen-bond donors (Lipinski definition) is 2. The molecule has 0 aliphatic heterocycles. The molecule has 0 atom stereocenters. The van der Waals surface area contributed by atoms with Gasteiger partial charge in [-0.3, -0.25) is 9.59 Å². The first-order valence-electron chi connectivity index (χ1n) is 8.05. The van der Waals surface area contributed by atoms with Crippen molar-refractivity contribution in [3.05, 3.63) is 63.6 Å². The number of pyridine rings is 1. The molecule has 1 aromatic carbocycles. The molecule has 0 radical (unpaired) electrons. The summed E-state index contributed by atoms with van der Waals surface area (Å²) in [5.74, 6) is -0.851. The van der Waals surface area contributed by atoms with Gasteiger partial charge in [-0.05, 0) is 43.0 Å². The van der Waals surface area contributed by atoms with Crippen molar-refractivity contribution in [2.24, 2.45) is 7.05 Å². The molecule has 1 aromatic heterocycles. The first-order valence-corrected chi connectivity index (χ1v) is 8.05. The van der Waals surface area contributed by atoms with Crippen LogP contribution in [0.15, 0.2) is 46.9 Å². The molecule has 0 bridgehead atoms. The number of rotatable bonds is 3. The second-order valence-electron chi connectivity index (χ2n) is 5.89. The monoisotopic (exact) mass is 324 g/mol. The average molecular weight is 324 g/mol. The van der Waals surface area contributed by atoms with E-state index in [-0.39, 0.29) is 11.3 Å². The minimum atomic E-state index is -0.588. The zero-order chi connectivity index (χ0) is 17.3. The highest BCUT2D eigenvalue weighted by atomic mass is 16.3. The van der Waals surface area contributed by atoms with Crippen molar-refractivity contribution in [1.82, 2.24) is 9.88 Å². The Hall–Kier alpha value is -2.82. The molecule has 2 N–H and O–H groups in total. The Morgan fingerprint density at radius 3 is 2.79 bits per heavy atom. The summed E-state index contributed by atoms with van der Waals surface area (Å²) in [5.41, 5.74) is 1.54. The Balaban J connectivity index is 2.13. The van der Waals surface area contributed by atoms with E-state index in [4.69, 9.17) is 0 Å². The molecular formula is C19H20N2O3. The average Bonchev–Trinajstić information content (AvgIpc) is 2.60. The number of aryl methyl sites for hydroxylation is 2. The van der Waals surface area contributed by atoms with Crippen molar-refractivity contribution in [3.63, 3.8) is 0 Å². The second kappa shape index (κ2) is 6.35. The Kier molecular flexibility index (Phi) is 4.25. The molecule has 5 heteroatoms. The molecule has 5 nitrogen and oxygen atoms in total. The molecule has 1 aliphatic carbocycles. The molecule has 0 saturated carbocycles. The van der Waals surface area contributed by atoms with Crippen LogP contribution in [-0.2, 0) is 13.5 Å². The lowest BCUT2D eigenvalue weighted by molar-refractivity contribution is 0.0962. The van der Waals surface area contributed by atoms with E-state index in [1.54, 1.807) is 19.2 Å². The lowest BCUT2D eigenvalue weighted by Crippen LogP contribution is -2.32. The van der Waals surface area contributed by atoms with E-state index in [1.165, 1.54) is 4.57 Å². The van der Waals surface area contributed by atoms with E-state index < -0.39 is 11.5 Å². The maximum absolute atomic E-state index is 12.5. The van der Waals surface area contributed by atoms with Gasteiger partial charge in [0.25, 0.3) is 11.5 Å². The topological polar surface area (TPSA) is 71.3 Å². The Bertz CT molecular complexity index is 936. The Morgan fingerprint density at radius 1 is 1.33 bits per heavy atom. The van der Waals surface area contributed by atoms with Gasteiger partial charge in [-0.25, -0.2) is 0 Å². The maximum atomic E-state index is 12.5. The summed E-state index contributed by atoms with van der Waals surface area (Å²) in [7, 11) is 1.60. The van der Waals surface area contributed by atoms with Gasteiger partial charge in [0.2, 0.25) is 0 Å². The first kappa shape index (κ1) is 16.1. The van der Waals surface area contributed by atoms with Gasteiger partial charge in [0, 0.05) is 18.1 Å². The lowest BCUT2D eigenvalue weighted by Gasteiger charge is -2.14. The van der Waals surface area contributed by atoms with Crippen LogP contribution in [0, 0.1) is 0 Å². The summed E-state index contributed by atoms with van der Waals surface area (Å²) in [4.78, 5) is 25.1. The molecule has 24 heavy (non-hydrogen) atoms. The standard InChI is InChI=1S/C19H20N2O3/c1-3-12-9-10-15-14(11-12)17(22)16(19(24)21(15)2)18(23)20-13-7-5-4-6-8-13/h5,7-11,22H,3-4,6H2,1-2H3,(H,20,23). The number of carbonyl (C=O) groups is 1. The largest absolute Gasteiger partial charge is 0.506 e. The summed E-state index contributed by atoms with van der Waals surface area (Å²) in [6, 6.07) is 5.53. The Labute approximate surface area is 139 Å². The van der Waals surface area contributed by atoms with E-state index in [1.807, 2.05) is 31.2 Å². The number of fused-ring (bicyclic) bond motifs is 1. The fourth-order valence-corrected chi connectivity index (χ4v) is 2.90. The molecule has 2 aromatic rings. The fourth-order valence-electron chi connectivity index (χ4n) is 2.90. The molecule has 1 aliphatic rings. The van der Waals surface area contributed by atoms with Gasteiger partial charge >= 0.3 is 0 Å². The predicted octanol–water partition coefficient (Wildman–Crippen LogP) is 2.77. The van der Waals surface area contributed by atoms with Crippen LogP contribution >= 0.6 is 0 Å². The van der Waals surface area contributed by atoms with Crippen molar-refractivity contribution in [3.8, 4) is 5.75 Å². The van der Waals surface area contributed by atoms with Gasteiger partial charge in [-0.1, -0.05) is 25.1 Å². The molecule has 0 saturated heterocycles. The minimum Gasteiger partial charge on any atom is -0.506 e.